The van der Waals surface area contributed by atoms with Crippen LogP contribution in [0, 0.1) is 0 Å². The van der Waals surface area contributed by atoms with Crippen LogP contribution in [0.2, 0.25) is 0 Å². The first-order valence-corrected chi connectivity index (χ1v) is 8.57. The van der Waals surface area contributed by atoms with Gasteiger partial charge in [0.05, 0.1) is 23.8 Å². The van der Waals surface area contributed by atoms with Crippen LogP contribution in [-0.4, -0.2) is 31.6 Å². The van der Waals surface area contributed by atoms with E-state index in [0.717, 1.165) is 32.3 Å². The van der Waals surface area contributed by atoms with Gasteiger partial charge in [0.1, 0.15) is 15.9 Å². The predicted molar refractivity (Wildman–Crippen MR) is 92.8 cm³/mol. The molecule has 114 valence electrons. The Hall–Kier alpha value is -2.38. The highest BCUT2D eigenvalue weighted by Crippen LogP contribution is 2.25. The van der Waals surface area contributed by atoms with E-state index in [1.807, 2.05) is 24.3 Å². The Morgan fingerprint density at radius 3 is 3.00 bits per heavy atom. The molecule has 0 atom stereocenters. The molecule has 23 heavy (non-hydrogen) atoms. The fourth-order valence-corrected chi connectivity index (χ4v) is 4.09. The van der Waals surface area contributed by atoms with Crippen molar-refractivity contribution >= 4 is 50.2 Å². The van der Waals surface area contributed by atoms with Crippen LogP contribution < -0.4 is 0 Å². The molecule has 0 aliphatic rings. The minimum absolute atomic E-state index is 0.0475. The van der Waals surface area contributed by atoms with Gasteiger partial charge in [-0.15, -0.1) is 11.3 Å². The predicted octanol–water partition coefficient (Wildman–Crippen LogP) is 3.57. The molecular weight excluding hydrogens is 328 g/mol. The molecule has 0 N–H and O–H groups in total. The van der Waals surface area contributed by atoms with Gasteiger partial charge in [0.2, 0.25) is 0 Å². The Balaban J connectivity index is 1.62. The van der Waals surface area contributed by atoms with Gasteiger partial charge in [-0.3, -0.25) is 4.79 Å². The van der Waals surface area contributed by atoms with Crippen LogP contribution in [0.15, 0.2) is 42.6 Å². The summed E-state index contributed by atoms with van der Waals surface area (Å²) in [5.74, 6) is -0.0475. The first-order chi connectivity index (χ1) is 11.2. The second kappa shape index (κ2) is 5.68. The summed E-state index contributed by atoms with van der Waals surface area (Å²) >= 11 is 2.74. The molecule has 0 aliphatic carbocycles. The number of nitrogens with zero attached hydrogens (tertiary/aromatic N) is 4. The average Bonchev–Trinajstić information content (AvgIpc) is 3.19. The van der Waals surface area contributed by atoms with E-state index >= 15 is 0 Å². The van der Waals surface area contributed by atoms with Gasteiger partial charge in [0.15, 0.2) is 0 Å². The third-order valence-electron chi connectivity index (χ3n) is 3.60. The van der Waals surface area contributed by atoms with Gasteiger partial charge in [0.25, 0.3) is 5.91 Å². The maximum atomic E-state index is 12.7. The van der Waals surface area contributed by atoms with Crippen molar-refractivity contribution in [1.82, 2.24) is 18.6 Å². The molecule has 0 fully saturated rings. The molecule has 0 bridgehead atoms. The molecule has 3 heterocycles. The summed E-state index contributed by atoms with van der Waals surface area (Å²) in [4.78, 5) is 20.9. The third kappa shape index (κ3) is 2.58. The number of aromatic nitrogens is 3. The second-order valence-electron chi connectivity index (χ2n) is 5.21. The summed E-state index contributed by atoms with van der Waals surface area (Å²) in [7, 11) is 1.80. The lowest BCUT2D eigenvalue weighted by Crippen LogP contribution is -2.26. The molecule has 0 unspecified atom stereocenters. The number of carbonyl (C=O) groups excluding carboxylic acids is 1. The topological polar surface area (TPSA) is 59.0 Å². The van der Waals surface area contributed by atoms with E-state index in [0.29, 0.717) is 17.6 Å². The smallest absolute Gasteiger partial charge is 0.256 e. The van der Waals surface area contributed by atoms with E-state index in [9.17, 15) is 4.79 Å². The quantitative estimate of drug-likeness (QED) is 0.572. The summed E-state index contributed by atoms with van der Waals surface area (Å²) in [5.41, 5.74) is 2.03. The Bertz CT molecular complexity index is 974. The van der Waals surface area contributed by atoms with Gasteiger partial charge in [-0.05, 0) is 24.3 Å². The lowest BCUT2D eigenvalue weighted by molar-refractivity contribution is 0.0788. The molecule has 0 aliphatic heterocycles. The van der Waals surface area contributed by atoms with Gasteiger partial charge in [-0.1, -0.05) is 12.1 Å². The SMILES string of the molecule is CN(Cc1cc2cccnc2s1)C(=O)c1cccc2nsnc12. The van der Waals surface area contributed by atoms with E-state index < -0.39 is 0 Å². The summed E-state index contributed by atoms with van der Waals surface area (Å²) in [6.45, 7) is 0.549. The number of carbonyl (C=O) groups is 1. The Morgan fingerprint density at radius 2 is 2.13 bits per heavy atom. The highest BCUT2D eigenvalue weighted by atomic mass is 32.1. The highest BCUT2D eigenvalue weighted by Gasteiger charge is 2.17. The normalized spacial score (nSPS) is 11.2. The minimum Gasteiger partial charge on any atom is -0.336 e. The lowest BCUT2D eigenvalue weighted by Gasteiger charge is -2.16. The van der Waals surface area contributed by atoms with Gasteiger partial charge < -0.3 is 4.90 Å². The number of hydrogen-bond acceptors (Lipinski definition) is 6. The van der Waals surface area contributed by atoms with Crippen LogP contribution in [0.1, 0.15) is 15.2 Å². The molecule has 1 aromatic carbocycles. The largest absolute Gasteiger partial charge is 0.336 e. The molecule has 0 saturated carbocycles. The number of thiophene rings is 1. The molecular formula is C16H12N4OS2. The zero-order valence-corrected chi connectivity index (χ0v) is 13.9. The third-order valence-corrected chi connectivity index (χ3v) is 5.19. The van der Waals surface area contributed by atoms with Crippen molar-refractivity contribution in [2.45, 2.75) is 6.54 Å². The van der Waals surface area contributed by atoms with Gasteiger partial charge in [-0.2, -0.15) is 8.75 Å². The fourth-order valence-electron chi connectivity index (χ4n) is 2.49. The van der Waals surface area contributed by atoms with Crippen LogP contribution in [-0.2, 0) is 6.54 Å². The Morgan fingerprint density at radius 1 is 1.22 bits per heavy atom. The highest BCUT2D eigenvalue weighted by molar-refractivity contribution is 7.18. The summed E-state index contributed by atoms with van der Waals surface area (Å²) in [6.07, 6.45) is 1.79. The van der Waals surface area contributed by atoms with Gasteiger partial charge in [-0.25, -0.2) is 4.98 Å². The van der Waals surface area contributed by atoms with E-state index in [1.165, 1.54) is 0 Å². The molecule has 4 aromatic rings. The van der Waals surface area contributed by atoms with Crippen LogP contribution in [0.3, 0.4) is 0 Å². The number of amides is 1. The average molecular weight is 340 g/mol. The van der Waals surface area contributed by atoms with E-state index in [-0.39, 0.29) is 5.91 Å². The second-order valence-corrected chi connectivity index (χ2v) is 6.85. The monoisotopic (exact) mass is 340 g/mol. The minimum atomic E-state index is -0.0475. The Kier molecular flexibility index (Phi) is 3.51. The van der Waals surface area contributed by atoms with Crippen molar-refractivity contribution in [3.8, 4) is 0 Å². The number of hydrogen-bond donors (Lipinski definition) is 0. The van der Waals surface area contributed by atoms with Crippen molar-refractivity contribution in [2.75, 3.05) is 7.05 Å². The van der Waals surface area contributed by atoms with Crippen LogP contribution >= 0.6 is 23.1 Å². The molecule has 5 nitrogen and oxygen atoms in total. The number of rotatable bonds is 3. The zero-order chi connectivity index (χ0) is 15.8. The summed E-state index contributed by atoms with van der Waals surface area (Å²) in [6, 6.07) is 11.5. The van der Waals surface area contributed by atoms with Gasteiger partial charge >= 0.3 is 0 Å². The number of benzene rings is 1. The standard InChI is InChI=1S/C16H12N4OS2/c1-20(9-11-8-10-4-3-7-17-15(10)22-11)16(21)12-5-2-6-13-14(12)19-23-18-13/h2-8H,9H2,1H3. The van der Waals surface area contributed by atoms with E-state index in [1.54, 1.807) is 35.5 Å². The fraction of sp³-hybridized carbons (Fsp3) is 0.125. The lowest BCUT2D eigenvalue weighted by atomic mass is 10.1. The maximum absolute atomic E-state index is 12.7. The number of pyridine rings is 1. The van der Waals surface area contributed by atoms with Gasteiger partial charge in [0, 0.05) is 23.5 Å². The first kappa shape index (κ1) is 14.2. The molecule has 7 heteroatoms. The molecule has 3 aromatic heterocycles. The molecule has 0 saturated heterocycles. The van der Waals surface area contributed by atoms with E-state index in [2.05, 4.69) is 19.8 Å². The molecule has 0 radical (unpaired) electrons. The van der Waals surface area contributed by atoms with Crippen molar-refractivity contribution in [1.29, 1.82) is 0 Å². The van der Waals surface area contributed by atoms with Crippen LogP contribution in [0.4, 0.5) is 0 Å². The summed E-state index contributed by atoms with van der Waals surface area (Å²) < 4.78 is 8.43. The van der Waals surface area contributed by atoms with Crippen LogP contribution in [0.25, 0.3) is 21.3 Å². The van der Waals surface area contributed by atoms with Crippen molar-refractivity contribution in [3.63, 3.8) is 0 Å². The maximum Gasteiger partial charge on any atom is 0.256 e. The molecule has 4 rings (SSSR count). The molecule has 1 amide bonds. The van der Waals surface area contributed by atoms with Crippen molar-refractivity contribution in [3.05, 3.63) is 53.0 Å². The van der Waals surface area contributed by atoms with Crippen molar-refractivity contribution < 1.29 is 4.79 Å². The van der Waals surface area contributed by atoms with Crippen LogP contribution in [0.5, 0.6) is 0 Å². The number of fused-ring (bicyclic) bond motifs is 2. The molecule has 0 spiro atoms. The van der Waals surface area contributed by atoms with E-state index in [4.69, 9.17) is 0 Å². The first-order valence-electron chi connectivity index (χ1n) is 7.02. The summed E-state index contributed by atoms with van der Waals surface area (Å²) in [5, 5.41) is 1.11. The Labute approximate surface area is 140 Å². The van der Waals surface area contributed by atoms with Crippen molar-refractivity contribution in [2.24, 2.45) is 0 Å². The zero-order valence-electron chi connectivity index (χ0n) is 12.3.